The molecule has 1 amide bonds. The number of alkyl halides is 1. The van der Waals surface area contributed by atoms with Crippen molar-refractivity contribution in [2.45, 2.75) is 6.54 Å². The summed E-state index contributed by atoms with van der Waals surface area (Å²) in [5.41, 5.74) is 1.07. The molecule has 4 nitrogen and oxygen atoms in total. The Morgan fingerprint density at radius 3 is 2.76 bits per heavy atom. The molecule has 112 valence electrons. The van der Waals surface area contributed by atoms with Crippen LogP contribution in [0, 0.1) is 0 Å². The summed E-state index contributed by atoms with van der Waals surface area (Å²) in [5, 5.41) is 5.33. The second-order valence-corrected chi connectivity index (χ2v) is 7.05. The number of hydrogen-bond donors (Lipinski definition) is 0. The number of halogens is 1. The summed E-state index contributed by atoms with van der Waals surface area (Å²) in [6, 6.07) is 4.15. The lowest BCUT2D eigenvalue weighted by atomic mass is 10.3. The van der Waals surface area contributed by atoms with E-state index >= 15 is 0 Å². The number of thiazole rings is 1. The first-order valence-corrected chi connectivity index (χ1v) is 9.10. The summed E-state index contributed by atoms with van der Waals surface area (Å²) >= 11 is 9.01. The molecule has 7 heteroatoms. The molecule has 3 heterocycles. The van der Waals surface area contributed by atoms with Gasteiger partial charge in [0.05, 0.1) is 17.1 Å². The highest BCUT2D eigenvalue weighted by atomic mass is 35.5. The Kier molecular flexibility index (Phi) is 4.90. The summed E-state index contributed by atoms with van der Waals surface area (Å²) in [4.78, 5) is 21.6. The molecule has 0 atom stereocenters. The zero-order valence-electron chi connectivity index (χ0n) is 11.5. The highest BCUT2D eigenvalue weighted by Crippen LogP contribution is 2.26. The third kappa shape index (κ3) is 3.63. The lowest BCUT2D eigenvalue weighted by Gasteiger charge is -2.33. The fourth-order valence-electron chi connectivity index (χ4n) is 2.35. The van der Waals surface area contributed by atoms with Crippen LogP contribution in [0.1, 0.15) is 5.01 Å². The quantitative estimate of drug-likeness (QED) is 0.802. The normalized spacial score (nSPS) is 16.3. The molecule has 3 rings (SSSR count). The van der Waals surface area contributed by atoms with Crippen LogP contribution in [0.25, 0.3) is 10.6 Å². The number of rotatable bonds is 4. The van der Waals surface area contributed by atoms with Crippen LogP contribution in [0.5, 0.6) is 0 Å². The van der Waals surface area contributed by atoms with Gasteiger partial charge in [-0.05, 0) is 11.4 Å². The van der Waals surface area contributed by atoms with Gasteiger partial charge in [0.2, 0.25) is 5.91 Å². The second kappa shape index (κ2) is 6.87. The number of aromatic nitrogens is 1. The predicted octanol–water partition coefficient (Wildman–Crippen LogP) is 2.75. The fraction of sp³-hybridized carbons (Fsp3) is 0.429. The Balaban J connectivity index is 1.55. The molecular formula is C14H16ClN3OS2. The van der Waals surface area contributed by atoms with Crippen LogP contribution in [-0.4, -0.2) is 52.8 Å². The number of carbonyl (C=O) groups is 1. The Hall–Kier alpha value is -0.950. The lowest BCUT2D eigenvalue weighted by molar-refractivity contribution is -0.130. The van der Waals surface area contributed by atoms with Crippen molar-refractivity contribution in [1.82, 2.24) is 14.8 Å². The van der Waals surface area contributed by atoms with Crippen molar-refractivity contribution in [1.29, 1.82) is 0 Å². The van der Waals surface area contributed by atoms with E-state index in [9.17, 15) is 4.79 Å². The fourth-order valence-corrected chi connectivity index (χ4v) is 4.12. The van der Waals surface area contributed by atoms with Crippen molar-refractivity contribution < 1.29 is 4.79 Å². The molecule has 0 radical (unpaired) electrons. The molecule has 0 aliphatic carbocycles. The number of amides is 1. The summed E-state index contributed by atoms with van der Waals surface area (Å²) in [5.74, 6) is 0.113. The van der Waals surface area contributed by atoms with Crippen molar-refractivity contribution in [2.75, 3.05) is 32.1 Å². The van der Waals surface area contributed by atoms with Gasteiger partial charge < -0.3 is 4.90 Å². The number of thiophene rings is 1. The monoisotopic (exact) mass is 341 g/mol. The maximum absolute atomic E-state index is 11.5. The largest absolute Gasteiger partial charge is 0.339 e. The van der Waals surface area contributed by atoms with Gasteiger partial charge in [0.15, 0.2) is 0 Å². The van der Waals surface area contributed by atoms with Crippen molar-refractivity contribution in [3.63, 3.8) is 0 Å². The molecule has 0 bridgehead atoms. The molecule has 0 saturated carbocycles. The Labute approximate surface area is 137 Å². The summed E-state index contributed by atoms with van der Waals surface area (Å²) < 4.78 is 0. The highest BCUT2D eigenvalue weighted by Gasteiger charge is 2.21. The molecule has 0 unspecified atom stereocenters. The second-order valence-electron chi connectivity index (χ2n) is 4.89. The van der Waals surface area contributed by atoms with E-state index in [1.165, 1.54) is 4.88 Å². The zero-order valence-corrected chi connectivity index (χ0v) is 13.9. The minimum Gasteiger partial charge on any atom is -0.339 e. The number of hydrogen-bond acceptors (Lipinski definition) is 5. The van der Waals surface area contributed by atoms with Crippen molar-refractivity contribution in [3.8, 4) is 10.6 Å². The number of carbonyl (C=O) groups excluding carboxylic acids is 1. The van der Waals surface area contributed by atoms with E-state index in [-0.39, 0.29) is 11.8 Å². The van der Waals surface area contributed by atoms with Crippen LogP contribution >= 0.6 is 34.3 Å². The minimum absolute atomic E-state index is 0.0329. The van der Waals surface area contributed by atoms with E-state index in [2.05, 4.69) is 21.7 Å². The van der Waals surface area contributed by atoms with Crippen molar-refractivity contribution in [2.24, 2.45) is 0 Å². The topological polar surface area (TPSA) is 36.4 Å². The average Bonchev–Trinajstić information content (AvgIpc) is 3.18. The van der Waals surface area contributed by atoms with Crippen molar-refractivity contribution >= 4 is 40.2 Å². The molecule has 0 spiro atoms. The van der Waals surface area contributed by atoms with E-state index in [0.717, 1.165) is 43.4 Å². The Morgan fingerprint density at radius 1 is 1.29 bits per heavy atom. The van der Waals surface area contributed by atoms with Gasteiger partial charge >= 0.3 is 0 Å². The van der Waals surface area contributed by atoms with Crippen LogP contribution < -0.4 is 0 Å². The van der Waals surface area contributed by atoms with E-state index in [1.807, 2.05) is 11.0 Å². The van der Waals surface area contributed by atoms with E-state index in [4.69, 9.17) is 16.6 Å². The average molecular weight is 342 g/mol. The highest BCUT2D eigenvalue weighted by molar-refractivity contribution is 7.14. The molecular weight excluding hydrogens is 326 g/mol. The van der Waals surface area contributed by atoms with Crippen LogP contribution in [0.2, 0.25) is 0 Å². The molecule has 1 saturated heterocycles. The van der Waals surface area contributed by atoms with Gasteiger partial charge in [-0.25, -0.2) is 4.98 Å². The molecule has 0 aromatic carbocycles. The van der Waals surface area contributed by atoms with Gasteiger partial charge in [0.1, 0.15) is 10.9 Å². The standard InChI is InChI=1S/C14H16ClN3OS2/c15-8-14(19)18-5-3-17(4-6-18)9-13-16-11(10-21-13)12-2-1-7-20-12/h1-2,7,10H,3-6,8-9H2. The minimum atomic E-state index is 0.0329. The lowest BCUT2D eigenvalue weighted by Crippen LogP contribution is -2.48. The van der Waals surface area contributed by atoms with Crippen LogP contribution in [0.3, 0.4) is 0 Å². The third-order valence-corrected chi connectivity index (χ3v) is 5.48. The third-order valence-electron chi connectivity index (χ3n) is 3.52. The molecule has 1 aliphatic rings. The van der Waals surface area contributed by atoms with Gasteiger partial charge in [-0.1, -0.05) is 6.07 Å². The molecule has 0 N–H and O–H groups in total. The first kappa shape index (κ1) is 15.0. The SMILES string of the molecule is O=C(CCl)N1CCN(Cc2nc(-c3cccs3)cs2)CC1. The summed E-state index contributed by atoms with van der Waals surface area (Å²) in [7, 11) is 0. The van der Waals surface area contributed by atoms with Crippen LogP contribution in [-0.2, 0) is 11.3 Å². The van der Waals surface area contributed by atoms with Gasteiger partial charge in [0, 0.05) is 31.6 Å². The van der Waals surface area contributed by atoms with E-state index in [1.54, 1.807) is 22.7 Å². The maximum atomic E-state index is 11.5. The molecule has 2 aromatic heterocycles. The predicted molar refractivity (Wildman–Crippen MR) is 88.0 cm³/mol. The van der Waals surface area contributed by atoms with Gasteiger partial charge in [-0.15, -0.1) is 34.3 Å². The molecule has 2 aromatic rings. The molecule has 21 heavy (non-hydrogen) atoms. The van der Waals surface area contributed by atoms with Gasteiger partial charge in [-0.3, -0.25) is 9.69 Å². The first-order valence-electron chi connectivity index (χ1n) is 6.80. The van der Waals surface area contributed by atoms with E-state index < -0.39 is 0 Å². The number of piperazine rings is 1. The molecule has 1 aliphatic heterocycles. The van der Waals surface area contributed by atoms with Gasteiger partial charge in [0.25, 0.3) is 0 Å². The Morgan fingerprint density at radius 2 is 2.10 bits per heavy atom. The van der Waals surface area contributed by atoms with Gasteiger partial charge in [-0.2, -0.15) is 0 Å². The number of nitrogens with zero attached hydrogens (tertiary/aromatic N) is 3. The summed E-state index contributed by atoms with van der Waals surface area (Å²) in [6.07, 6.45) is 0. The maximum Gasteiger partial charge on any atom is 0.237 e. The first-order chi connectivity index (χ1) is 10.3. The van der Waals surface area contributed by atoms with E-state index in [0.29, 0.717) is 0 Å². The van der Waals surface area contributed by atoms with Crippen LogP contribution in [0.15, 0.2) is 22.9 Å². The van der Waals surface area contributed by atoms with Crippen molar-refractivity contribution in [3.05, 3.63) is 27.9 Å². The summed E-state index contributed by atoms with van der Waals surface area (Å²) in [6.45, 7) is 4.15. The molecule has 1 fully saturated rings. The smallest absolute Gasteiger partial charge is 0.237 e. The van der Waals surface area contributed by atoms with Crippen LogP contribution in [0.4, 0.5) is 0 Å². The zero-order chi connectivity index (χ0) is 14.7. The Bertz CT molecular complexity index is 591.